The summed E-state index contributed by atoms with van der Waals surface area (Å²) in [5.41, 5.74) is 6.61. The van der Waals surface area contributed by atoms with Crippen LogP contribution in [0.4, 0.5) is 10.7 Å². The Morgan fingerprint density at radius 1 is 1.33 bits per heavy atom. The predicted molar refractivity (Wildman–Crippen MR) is 90.5 cm³/mol. The van der Waals surface area contributed by atoms with E-state index in [4.69, 9.17) is 28.9 Å². The maximum Gasteiger partial charge on any atom is 0.271 e. The monoisotopic (exact) mass is 344 g/mol. The van der Waals surface area contributed by atoms with E-state index >= 15 is 0 Å². The van der Waals surface area contributed by atoms with Crippen LogP contribution in [0.3, 0.4) is 0 Å². The van der Waals surface area contributed by atoms with E-state index in [0.717, 1.165) is 11.5 Å². The summed E-state index contributed by atoms with van der Waals surface area (Å²) in [5.74, 6) is 0.197. The highest BCUT2D eigenvalue weighted by Gasteiger charge is 2.15. The lowest BCUT2D eigenvalue weighted by Gasteiger charge is -2.07. The minimum atomic E-state index is -0.280. The topological polar surface area (TPSA) is 83.3 Å². The highest BCUT2D eigenvalue weighted by molar-refractivity contribution is 7.10. The van der Waals surface area contributed by atoms with Gasteiger partial charge < -0.3 is 11.1 Å². The lowest BCUT2D eigenvalue weighted by Crippen LogP contribution is -2.23. The van der Waals surface area contributed by atoms with Crippen LogP contribution in [0.1, 0.15) is 19.4 Å². The van der Waals surface area contributed by atoms with Crippen LogP contribution in [0.5, 0.6) is 0 Å². The van der Waals surface area contributed by atoms with E-state index in [9.17, 15) is 4.79 Å². The molecule has 0 unspecified atom stereocenters. The number of H-pyrrole nitrogens is 1. The van der Waals surface area contributed by atoms with Gasteiger partial charge in [-0.2, -0.15) is 0 Å². The smallest absolute Gasteiger partial charge is 0.271 e. The molecule has 0 spiro atoms. The van der Waals surface area contributed by atoms with E-state index in [1.165, 1.54) is 0 Å². The number of aromatic nitrogens is 1. The summed E-state index contributed by atoms with van der Waals surface area (Å²) < 4.78 is 2.64. The van der Waals surface area contributed by atoms with Gasteiger partial charge in [0.2, 0.25) is 0 Å². The van der Waals surface area contributed by atoms with Crippen LogP contribution in [0.2, 0.25) is 10.0 Å². The lowest BCUT2D eigenvalue weighted by atomic mass is 10.2. The van der Waals surface area contributed by atoms with Crippen LogP contribution in [0.15, 0.2) is 28.0 Å². The quantitative estimate of drug-likeness (QED) is 0.585. The van der Waals surface area contributed by atoms with E-state index in [1.807, 2.05) is 13.8 Å². The molecule has 0 aliphatic heterocycles. The number of benzene rings is 1. The Hall–Kier alpha value is -1.50. The van der Waals surface area contributed by atoms with Crippen LogP contribution in [0, 0.1) is 0 Å². The SMILES string of the molecule is CC(C)N=C(N)c1c(Nc2cc(Cl)cc(Cl)c2)s[nH]c1=O. The molecule has 2 rings (SSSR count). The number of nitrogens with one attached hydrogen (secondary N) is 2. The average molecular weight is 345 g/mol. The molecule has 112 valence electrons. The summed E-state index contributed by atoms with van der Waals surface area (Å²) in [5, 5.41) is 4.65. The van der Waals surface area contributed by atoms with Crippen molar-refractivity contribution in [2.45, 2.75) is 19.9 Å². The molecule has 1 aromatic carbocycles. The number of aromatic amines is 1. The molecule has 0 radical (unpaired) electrons. The number of aliphatic imine (C=N–C) groups is 1. The van der Waals surface area contributed by atoms with Gasteiger partial charge in [0.25, 0.3) is 5.56 Å². The number of amidine groups is 1. The first-order chi connectivity index (χ1) is 9.86. The van der Waals surface area contributed by atoms with Crippen LogP contribution in [-0.2, 0) is 0 Å². The molecule has 0 bridgehead atoms. The minimum Gasteiger partial charge on any atom is -0.383 e. The Balaban J connectivity index is 2.40. The number of hydrogen-bond donors (Lipinski definition) is 3. The van der Waals surface area contributed by atoms with Crippen molar-refractivity contribution in [2.24, 2.45) is 10.7 Å². The molecule has 0 saturated heterocycles. The third kappa shape index (κ3) is 4.00. The first-order valence-corrected chi connectivity index (χ1v) is 7.72. The molecule has 4 N–H and O–H groups in total. The molecular formula is C13H14Cl2N4OS. The van der Waals surface area contributed by atoms with Crippen molar-refractivity contribution in [3.63, 3.8) is 0 Å². The van der Waals surface area contributed by atoms with Crippen LogP contribution in [0.25, 0.3) is 0 Å². The Morgan fingerprint density at radius 3 is 2.52 bits per heavy atom. The highest BCUT2D eigenvalue weighted by atomic mass is 35.5. The number of nitrogens with zero attached hydrogens (tertiary/aromatic N) is 1. The van der Waals surface area contributed by atoms with Gasteiger partial charge in [-0.25, -0.2) is 0 Å². The van der Waals surface area contributed by atoms with Gasteiger partial charge in [-0.05, 0) is 43.6 Å². The Labute approximate surface area is 136 Å². The average Bonchev–Trinajstić information content (AvgIpc) is 2.68. The Kier molecular flexibility index (Phi) is 4.92. The zero-order chi connectivity index (χ0) is 15.6. The first-order valence-electron chi connectivity index (χ1n) is 6.15. The van der Waals surface area contributed by atoms with Gasteiger partial charge in [-0.15, -0.1) is 0 Å². The van der Waals surface area contributed by atoms with Gasteiger partial charge >= 0.3 is 0 Å². The zero-order valence-corrected chi connectivity index (χ0v) is 13.7. The van der Waals surface area contributed by atoms with Gasteiger partial charge in [-0.3, -0.25) is 14.2 Å². The van der Waals surface area contributed by atoms with Gasteiger partial charge in [-0.1, -0.05) is 23.2 Å². The summed E-state index contributed by atoms with van der Waals surface area (Å²) in [6, 6.07) is 5.04. The second kappa shape index (κ2) is 6.51. The largest absolute Gasteiger partial charge is 0.383 e. The van der Waals surface area contributed by atoms with E-state index in [1.54, 1.807) is 18.2 Å². The predicted octanol–water partition coefficient (Wildman–Crippen LogP) is 3.60. The van der Waals surface area contributed by atoms with Crippen LogP contribution in [-0.4, -0.2) is 16.3 Å². The zero-order valence-electron chi connectivity index (χ0n) is 11.4. The molecule has 0 fully saturated rings. The molecule has 0 aliphatic rings. The van der Waals surface area contributed by atoms with Crippen molar-refractivity contribution < 1.29 is 0 Å². The van der Waals surface area contributed by atoms with Crippen molar-refractivity contribution in [3.8, 4) is 0 Å². The summed E-state index contributed by atoms with van der Waals surface area (Å²) in [6.45, 7) is 3.77. The fourth-order valence-corrected chi connectivity index (χ4v) is 3.01. The first kappa shape index (κ1) is 15.9. The number of halogens is 2. The van der Waals surface area contributed by atoms with E-state index in [0.29, 0.717) is 26.3 Å². The standard InChI is InChI=1S/C13H14Cl2N4OS/c1-6(2)17-11(16)10-12(20)19-21-13(10)18-9-4-7(14)3-8(15)5-9/h3-6,18H,1-2H3,(H2,16,17)(H,19,20). The molecule has 8 heteroatoms. The number of anilines is 2. The lowest BCUT2D eigenvalue weighted by molar-refractivity contribution is 0.834. The fraction of sp³-hybridized carbons (Fsp3) is 0.231. The van der Waals surface area contributed by atoms with Crippen LogP contribution >= 0.6 is 34.7 Å². The van der Waals surface area contributed by atoms with Crippen molar-refractivity contribution in [1.29, 1.82) is 0 Å². The molecule has 0 amide bonds. The second-order valence-corrected chi connectivity index (χ2v) is 6.32. The van der Waals surface area contributed by atoms with E-state index in [-0.39, 0.29) is 17.4 Å². The molecule has 21 heavy (non-hydrogen) atoms. The van der Waals surface area contributed by atoms with E-state index in [2.05, 4.69) is 14.7 Å². The van der Waals surface area contributed by atoms with Crippen molar-refractivity contribution in [1.82, 2.24) is 4.37 Å². The molecular weight excluding hydrogens is 331 g/mol. The normalized spacial score (nSPS) is 12.0. The Bertz CT molecular complexity index is 716. The number of hydrogen-bond acceptors (Lipinski definition) is 4. The fourth-order valence-electron chi connectivity index (χ4n) is 1.72. The summed E-state index contributed by atoms with van der Waals surface area (Å²) >= 11 is 13.0. The van der Waals surface area contributed by atoms with Crippen molar-refractivity contribution in [2.75, 3.05) is 5.32 Å². The molecule has 5 nitrogen and oxygen atoms in total. The molecule has 0 saturated carbocycles. The molecule has 0 aliphatic carbocycles. The van der Waals surface area contributed by atoms with Gasteiger partial charge in [0.05, 0.1) is 0 Å². The maximum atomic E-state index is 11.9. The van der Waals surface area contributed by atoms with Crippen molar-refractivity contribution >= 4 is 51.3 Å². The highest BCUT2D eigenvalue weighted by Crippen LogP contribution is 2.27. The third-order valence-corrected chi connectivity index (χ3v) is 3.71. The van der Waals surface area contributed by atoms with Gasteiger partial charge in [0.15, 0.2) is 0 Å². The third-order valence-electron chi connectivity index (χ3n) is 2.47. The molecule has 0 atom stereocenters. The Morgan fingerprint density at radius 2 is 1.95 bits per heavy atom. The molecule has 1 heterocycles. The van der Waals surface area contributed by atoms with Gasteiger partial charge in [0.1, 0.15) is 16.4 Å². The number of rotatable bonds is 4. The van der Waals surface area contributed by atoms with Crippen molar-refractivity contribution in [3.05, 3.63) is 44.2 Å². The summed E-state index contributed by atoms with van der Waals surface area (Å²) in [4.78, 5) is 16.1. The summed E-state index contributed by atoms with van der Waals surface area (Å²) in [7, 11) is 0. The number of nitrogens with two attached hydrogens (primary N) is 1. The van der Waals surface area contributed by atoms with Crippen LogP contribution < -0.4 is 16.6 Å². The molecule has 2 aromatic rings. The maximum absolute atomic E-state index is 11.9. The minimum absolute atomic E-state index is 0.00207. The summed E-state index contributed by atoms with van der Waals surface area (Å²) in [6.07, 6.45) is 0. The van der Waals surface area contributed by atoms with Gasteiger partial charge in [0, 0.05) is 21.8 Å². The van der Waals surface area contributed by atoms with E-state index < -0.39 is 0 Å². The second-order valence-electron chi connectivity index (χ2n) is 4.63. The molecule has 1 aromatic heterocycles.